The number of imidazole rings is 1. The van der Waals surface area contributed by atoms with Crippen LogP contribution in [0.1, 0.15) is 31.3 Å². The van der Waals surface area contributed by atoms with Gasteiger partial charge in [-0.3, -0.25) is 0 Å². The summed E-state index contributed by atoms with van der Waals surface area (Å²) in [4.78, 5) is 6.45. The van der Waals surface area contributed by atoms with E-state index >= 15 is 0 Å². The highest BCUT2D eigenvalue weighted by Crippen LogP contribution is 2.31. The fourth-order valence-corrected chi connectivity index (χ4v) is 3.00. The lowest BCUT2D eigenvalue weighted by Gasteiger charge is -2.32. The first-order chi connectivity index (χ1) is 10.2. The summed E-state index contributed by atoms with van der Waals surface area (Å²) in [6.45, 7) is 7.30. The maximum atomic E-state index is 14.4. The van der Waals surface area contributed by atoms with E-state index in [4.69, 9.17) is 0 Å². The lowest BCUT2D eigenvalue weighted by molar-refractivity contribution is 0.532. The van der Waals surface area contributed by atoms with Crippen LogP contribution in [0.25, 0.3) is 0 Å². The normalized spacial score (nSPS) is 15.9. The van der Waals surface area contributed by atoms with E-state index in [1.165, 1.54) is 0 Å². The molecule has 0 amide bonds. The fraction of sp³-hybridized carbons (Fsp3) is 0.438. The van der Waals surface area contributed by atoms with Gasteiger partial charge >= 0.3 is 0 Å². The van der Waals surface area contributed by atoms with E-state index in [1.54, 1.807) is 12.1 Å². The molecule has 1 aromatic heterocycles. The van der Waals surface area contributed by atoms with E-state index in [9.17, 15) is 4.39 Å². The van der Waals surface area contributed by atoms with E-state index in [-0.39, 0.29) is 11.9 Å². The van der Waals surface area contributed by atoms with Gasteiger partial charge in [-0.2, -0.15) is 0 Å². The van der Waals surface area contributed by atoms with Crippen LogP contribution >= 0.6 is 0 Å². The number of rotatable bonds is 4. The molecule has 0 bridgehead atoms. The summed E-state index contributed by atoms with van der Waals surface area (Å²) >= 11 is 0. The average molecular weight is 288 g/mol. The number of hydrogen-bond donors (Lipinski definition) is 1. The number of halogens is 1. The summed E-state index contributed by atoms with van der Waals surface area (Å²) < 4.78 is 16.6. The molecular weight excluding hydrogens is 267 g/mol. The predicted molar refractivity (Wildman–Crippen MR) is 81.8 cm³/mol. The van der Waals surface area contributed by atoms with Crippen molar-refractivity contribution in [2.75, 3.05) is 18.0 Å². The van der Waals surface area contributed by atoms with Gasteiger partial charge in [0.15, 0.2) is 0 Å². The molecule has 1 N–H and O–H groups in total. The average Bonchev–Trinajstić information content (AvgIpc) is 2.94. The maximum Gasteiger partial charge on any atom is 0.146 e. The molecule has 0 spiro atoms. The molecule has 112 valence electrons. The molecule has 0 aliphatic carbocycles. The molecule has 0 saturated heterocycles. The van der Waals surface area contributed by atoms with Crippen LogP contribution in [0.2, 0.25) is 0 Å². The van der Waals surface area contributed by atoms with Crippen LogP contribution in [0.3, 0.4) is 0 Å². The van der Waals surface area contributed by atoms with E-state index < -0.39 is 0 Å². The Morgan fingerprint density at radius 2 is 2.24 bits per heavy atom. The number of benzene rings is 1. The third kappa shape index (κ3) is 2.65. The Hall–Kier alpha value is -1.88. The summed E-state index contributed by atoms with van der Waals surface area (Å²) in [7, 11) is 0. The van der Waals surface area contributed by atoms with Crippen molar-refractivity contribution in [1.29, 1.82) is 0 Å². The van der Waals surface area contributed by atoms with E-state index in [1.807, 2.05) is 18.5 Å². The summed E-state index contributed by atoms with van der Waals surface area (Å²) in [6, 6.07) is 5.46. The van der Waals surface area contributed by atoms with Gasteiger partial charge in [0, 0.05) is 31.5 Å². The van der Waals surface area contributed by atoms with Gasteiger partial charge in [-0.15, -0.1) is 0 Å². The van der Waals surface area contributed by atoms with Crippen molar-refractivity contribution in [3.63, 3.8) is 0 Å². The van der Waals surface area contributed by atoms with Gasteiger partial charge in [0.2, 0.25) is 0 Å². The first kappa shape index (κ1) is 14.1. The van der Waals surface area contributed by atoms with Gasteiger partial charge in [-0.1, -0.05) is 19.1 Å². The zero-order chi connectivity index (χ0) is 14.8. The molecule has 0 radical (unpaired) electrons. The molecule has 1 unspecified atom stereocenters. The molecule has 3 rings (SSSR count). The second-order valence-electron chi connectivity index (χ2n) is 5.42. The number of nitrogens with zero attached hydrogens (tertiary/aromatic N) is 3. The highest BCUT2D eigenvalue weighted by atomic mass is 19.1. The molecule has 0 fully saturated rings. The Morgan fingerprint density at radius 3 is 3.05 bits per heavy atom. The molecule has 1 aliphatic rings. The molecule has 21 heavy (non-hydrogen) atoms. The third-order valence-corrected chi connectivity index (χ3v) is 4.06. The molecule has 2 heterocycles. The summed E-state index contributed by atoms with van der Waals surface area (Å²) in [5, 5.41) is 3.37. The van der Waals surface area contributed by atoms with Crippen molar-refractivity contribution in [3.05, 3.63) is 47.8 Å². The minimum Gasteiger partial charge on any atom is -0.360 e. The number of nitrogens with one attached hydrogen (secondary N) is 1. The van der Waals surface area contributed by atoms with Gasteiger partial charge in [-0.25, -0.2) is 9.37 Å². The Labute approximate surface area is 124 Å². The van der Waals surface area contributed by atoms with Crippen molar-refractivity contribution in [2.24, 2.45) is 0 Å². The monoisotopic (exact) mass is 288 g/mol. The topological polar surface area (TPSA) is 33.1 Å². The highest BCUT2D eigenvalue weighted by molar-refractivity contribution is 5.56. The third-order valence-electron chi connectivity index (χ3n) is 4.06. The number of para-hydroxylation sites is 1. The standard InChI is InChI=1S/C16H21FN4/c1-3-18-12(2)13-5-4-6-14(17)16(13)21-10-9-20-8-7-19-15(20)11-21/h4-8,12,18H,3,9-11H2,1-2H3. The minimum atomic E-state index is -0.155. The van der Waals surface area contributed by atoms with E-state index in [0.717, 1.165) is 31.0 Å². The van der Waals surface area contributed by atoms with Crippen molar-refractivity contribution < 1.29 is 4.39 Å². The molecule has 1 atom stereocenters. The first-order valence-corrected chi connectivity index (χ1v) is 7.47. The molecule has 0 saturated carbocycles. The summed E-state index contributed by atoms with van der Waals surface area (Å²) in [5.41, 5.74) is 1.72. The van der Waals surface area contributed by atoms with Crippen LogP contribution in [0, 0.1) is 5.82 Å². The number of fused-ring (bicyclic) bond motifs is 1. The Balaban J connectivity index is 1.95. The second kappa shape index (κ2) is 5.85. The number of anilines is 1. The number of aromatic nitrogens is 2. The van der Waals surface area contributed by atoms with Crippen molar-refractivity contribution in [2.45, 2.75) is 33.0 Å². The zero-order valence-corrected chi connectivity index (χ0v) is 12.5. The Morgan fingerprint density at radius 1 is 1.38 bits per heavy atom. The summed E-state index contributed by atoms with van der Waals surface area (Å²) in [6.07, 6.45) is 3.79. The summed E-state index contributed by atoms with van der Waals surface area (Å²) in [5.74, 6) is 0.837. The van der Waals surface area contributed by atoms with Crippen LogP contribution in [0.4, 0.5) is 10.1 Å². The molecule has 1 aromatic carbocycles. The van der Waals surface area contributed by atoms with Gasteiger partial charge in [0.1, 0.15) is 11.6 Å². The van der Waals surface area contributed by atoms with Gasteiger partial charge in [-0.05, 0) is 25.1 Å². The Kier molecular flexibility index (Phi) is 3.92. The van der Waals surface area contributed by atoms with Gasteiger partial charge in [0.25, 0.3) is 0 Å². The molecular formula is C16H21FN4. The predicted octanol–water partition coefficient (Wildman–Crippen LogP) is 2.71. The smallest absolute Gasteiger partial charge is 0.146 e. The van der Waals surface area contributed by atoms with E-state index in [2.05, 4.69) is 33.6 Å². The van der Waals surface area contributed by atoms with Crippen LogP contribution in [0.5, 0.6) is 0 Å². The zero-order valence-electron chi connectivity index (χ0n) is 12.5. The highest BCUT2D eigenvalue weighted by Gasteiger charge is 2.23. The lowest BCUT2D eigenvalue weighted by Crippen LogP contribution is -2.35. The quantitative estimate of drug-likeness (QED) is 0.939. The van der Waals surface area contributed by atoms with Crippen LogP contribution in [-0.4, -0.2) is 22.6 Å². The van der Waals surface area contributed by atoms with Crippen LogP contribution < -0.4 is 10.2 Å². The molecule has 1 aliphatic heterocycles. The molecule has 4 nitrogen and oxygen atoms in total. The molecule has 5 heteroatoms. The van der Waals surface area contributed by atoms with E-state index in [0.29, 0.717) is 12.2 Å². The minimum absolute atomic E-state index is 0.127. The largest absolute Gasteiger partial charge is 0.360 e. The first-order valence-electron chi connectivity index (χ1n) is 7.47. The fourth-order valence-electron chi connectivity index (χ4n) is 3.00. The van der Waals surface area contributed by atoms with Crippen molar-refractivity contribution >= 4 is 5.69 Å². The van der Waals surface area contributed by atoms with Gasteiger partial charge < -0.3 is 14.8 Å². The van der Waals surface area contributed by atoms with Crippen molar-refractivity contribution in [1.82, 2.24) is 14.9 Å². The van der Waals surface area contributed by atoms with Crippen LogP contribution in [0.15, 0.2) is 30.6 Å². The lowest BCUT2D eigenvalue weighted by atomic mass is 10.0. The van der Waals surface area contributed by atoms with Crippen molar-refractivity contribution in [3.8, 4) is 0 Å². The second-order valence-corrected chi connectivity index (χ2v) is 5.42. The SMILES string of the molecule is CCNC(C)c1cccc(F)c1N1CCn2ccnc2C1. The maximum absolute atomic E-state index is 14.4. The Bertz CT molecular complexity index is 622. The molecule has 2 aromatic rings. The number of hydrogen-bond acceptors (Lipinski definition) is 3. The van der Waals surface area contributed by atoms with Crippen LogP contribution in [-0.2, 0) is 13.1 Å². The van der Waals surface area contributed by atoms with Gasteiger partial charge in [0.05, 0.1) is 12.2 Å².